The normalized spacial score (nSPS) is 17.8. The van der Waals surface area contributed by atoms with Crippen LogP contribution in [-0.4, -0.2) is 36.4 Å². The highest BCUT2D eigenvalue weighted by atomic mass is 19.2. The lowest BCUT2D eigenvalue weighted by Gasteiger charge is -2.36. The molecule has 0 spiro atoms. The van der Waals surface area contributed by atoms with Gasteiger partial charge in [0.2, 0.25) is 5.91 Å². The summed E-state index contributed by atoms with van der Waals surface area (Å²) in [5, 5.41) is 12.2. The molecule has 0 atom stereocenters. The molecule has 20 heavy (non-hydrogen) atoms. The van der Waals surface area contributed by atoms with Crippen LogP contribution in [0.15, 0.2) is 18.2 Å². The zero-order chi connectivity index (χ0) is 14.6. The van der Waals surface area contributed by atoms with Crippen molar-refractivity contribution in [3.8, 4) is 0 Å². The zero-order valence-corrected chi connectivity index (χ0v) is 11.0. The van der Waals surface area contributed by atoms with Gasteiger partial charge in [0.05, 0.1) is 18.6 Å². The van der Waals surface area contributed by atoms with Crippen molar-refractivity contribution in [2.75, 3.05) is 19.8 Å². The molecule has 1 amide bonds. The predicted molar refractivity (Wildman–Crippen MR) is 68.1 cm³/mol. The molecule has 0 bridgehead atoms. The van der Waals surface area contributed by atoms with Gasteiger partial charge in [-0.05, 0) is 18.9 Å². The number of carbonyl (C=O) groups is 1. The number of rotatable bonds is 4. The van der Waals surface area contributed by atoms with Gasteiger partial charge in [0, 0.05) is 18.8 Å². The summed E-state index contributed by atoms with van der Waals surface area (Å²) in [6.07, 6.45) is 0.744. The van der Waals surface area contributed by atoms with Crippen LogP contribution in [0.25, 0.3) is 0 Å². The minimum absolute atomic E-state index is 0.00245. The van der Waals surface area contributed by atoms with E-state index in [9.17, 15) is 18.7 Å². The van der Waals surface area contributed by atoms with Crippen LogP contribution >= 0.6 is 0 Å². The van der Waals surface area contributed by atoms with Gasteiger partial charge in [-0.1, -0.05) is 12.1 Å². The van der Waals surface area contributed by atoms with Gasteiger partial charge in [-0.3, -0.25) is 4.79 Å². The molecule has 2 N–H and O–H groups in total. The molecule has 1 saturated heterocycles. The monoisotopic (exact) mass is 285 g/mol. The average Bonchev–Trinajstić information content (AvgIpc) is 2.45. The number of aliphatic hydroxyl groups excluding tert-OH is 1. The maximum Gasteiger partial charge on any atom is 0.225 e. The van der Waals surface area contributed by atoms with Gasteiger partial charge >= 0.3 is 0 Å². The Bertz CT molecular complexity index is 487. The summed E-state index contributed by atoms with van der Waals surface area (Å²) in [5.41, 5.74) is -0.721. The maximum atomic E-state index is 13.5. The Balaban J connectivity index is 2.03. The first-order valence-corrected chi connectivity index (χ1v) is 6.49. The molecule has 0 unspecified atom stereocenters. The van der Waals surface area contributed by atoms with Gasteiger partial charge in [-0.25, -0.2) is 8.78 Å². The number of benzene rings is 1. The van der Waals surface area contributed by atoms with Crippen molar-refractivity contribution >= 4 is 5.91 Å². The highest BCUT2D eigenvalue weighted by Gasteiger charge is 2.33. The summed E-state index contributed by atoms with van der Waals surface area (Å²) >= 11 is 0. The minimum Gasteiger partial charge on any atom is -0.394 e. The fraction of sp³-hybridized carbons (Fsp3) is 0.500. The Kier molecular flexibility index (Phi) is 4.67. The van der Waals surface area contributed by atoms with Crippen molar-refractivity contribution in [3.05, 3.63) is 35.4 Å². The molecule has 4 nitrogen and oxygen atoms in total. The molecule has 1 heterocycles. The van der Waals surface area contributed by atoms with Crippen molar-refractivity contribution < 1.29 is 23.4 Å². The highest BCUT2D eigenvalue weighted by Crippen LogP contribution is 2.20. The Morgan fingerprint density at radius 2 is 2.05 bits per heavy atom. The number of nitrogens with one attached hydrogen (secondary N) is 1. The molecule has 1 aromatic rings. The van der Waals surface area contributed by atoms with Crippen LogP contribution in [0, 0.1) is 11.6 Å². The molecule has 110 valence electrons. The molecule has 1 aliphatic rings. The number of amides is 1. The first-order chi connectivity index (χ1) is 9.56. The number of halogens is 2. The molecule has 2 rings (SSSR count). The lowest BCUT2D eigenvalue weighted by atomic mass is 9.90. The van der Waals surface area contributed by atoms with Gasteiger partial charge in [0.15, 0.2) is 11.6 Å². The molecular formula is C14H17F2NO3. The third-order valence-electron chi connectivity index (χ3n) is 3.54. The fourth-order valence-corrected chi connectivity index (χ4v) is 2.28. The quantitative estimate of drug-likeness (QED) is 0.873. The van der Waals surface area contributed by atoms with E-state index in [0.29, 0.717) is 26.1 Å². The van der Waals surface area contributed by atoms with Gasteiger partial charge < -0.3 is 15.2 Å². The fourth-order valence-electron chi connectivity index (χ4n) is 2.28. The molecule has 1 aromatic carbocycles. The van der Waals surface area contributed by atoms with E-state index < -0.39 is 23.1 Å². The van der Waals surface area contributed by atoms with E-state index in [1.165, 1.54) is 12.1 Å². The van der Waals surface area contributed by atoms with Crippen LogP contribution in [0.5, 0.6) is 0 Å². The second kappa shape index (κ2) is 6.28. The van der Waals surface area contributed by atoms with Crippen LogP contribution < -0.4 is 5.32 Å². The number of hydrogen-bond donors (Lipinski definition) is 2. The topological polar surface area (TPSA) is 58.6 Å². The number of aliphatic hydroxyl groups is 1. The first-order valence-electron chi connectivity index (χ1n) is 6.49. The van der Waals surface area contributed by atoms with Gasteiger partial charge in [-0.15, -0.1) is 0 Å². The summed E-state index contributed by atoms with van der Waals surface area (Å²) in [7, 11) is 0. The van der Waals surface area contributed by atoms with Crippen LogP contribution in [0.3, 0.4) is 0 Å². The van der Waals surface area contributed by atoms with Crippen molar-refractivity contribution in [2.45, 2.75) is 24.8 Å². The van der Waals surface area contributed by atoms with Crippen LogP contribution in [0.1, 0.15) is 18.4 Å². The van der Waals surface area contributed by atoms with Gasteiger partial charge in [-0.2, -0.15) is 0 Å². The van der Waals surface area contributed by atoms with Crippen molar-refractivity contribution in [3.63, 3.8) is 0 Å². The largest absolute Gasteiger partial charge is 0.394 e. The number of hydrogen-bond acceptors (Lipinski definition) is 3. The standard InChI is InChI=1S/C14H17F2NO3/c15-11-3-1-2-10(13(11)16)8-12(19)17-14(9-18)4-6-20-7-5-14/h1-3,18H,4-9H2,(H,17,19). The van der Waals surface area contributed by atoms with Crippen LogP contribution in [0.2, 0.25) is 0 Å². The van der Waals surface area contributed by atoms with E-state index in [0.717, 1.165) is 6.07 Å². The van der Waals surface area contributed by atoms with Crippen molar-refractivity contribution in [1.29, 1.82) is 0 Å². The lowest BCUT2D eigenvalue weighted by molar-refractivity contribution is -0.124. The molecule has 0 aromatic heterocycles. The Morgan fingerprint density at radius 1 is 1.35 bits per heavy atom. The van der Waals surface area contributed by atoms with Crippen molar-refractivity contribution in [1.82, 2.24) is 5.32 Å². The zero-order valence-electron chi connectivity index (χ0n) is 11.0. The third kappa shape index (κ3) is 3.32. The maximum absolute atomic E-state index is 13.5. The highest BCUT2D eigenvalue weighted by molar-refractivity contribution is 5.79. The predicted octanol–water partition coefficient (Wildman–Crippen LogP) is 1.17. The van der Waals surface area contributed by atoms with E-state index in [-0.39, 0.29) is 18.6 Å². The van der Waals surface area contributed by atoms with Crippen LogP contribution in [0.4, 0.5) is 8.78 Å². The SMILES string of the molecule is O=C(Cc1cccc(F)c1F)NC1(CO)CCOCC1. The summed E-state index contributed by atoms with van der Waals surface area (Å²) in [6, 6.07) is 3.73. The molecular weight excluding hydrogens is 268 g/mol. The molecule has 1 aliphatic heterocycles. The second-order valence-corrected chi connectivity index (χ2v) is 4.99. The average molecular weight is 285 g/mol. The Hall–Kier alpha value is -1.53. The summed E-state index contributed by atoms with van der Waals surface area (Å²) in [5.74, 6) is -2.42. The molecule has 0 aliphatic carbocycles. The van der Waals surface area contributed by atoms with E-state index >= 15 is 0 Å². The Morgan fingerprint density at radius 3 is 2.70 bits per heavy atom. The number of carbonyl (C=O) groups excluding carboxylic acids is 1. The smallest absolute Gasteiger partial charge is 0.225 e. The minimum atomic E-state index is -1.01. The summed E-state index contributed by atoms with van der Waals surface area (Å²) in [4.78, 5) is 12.0. The lowest BCUT2D eigenvalue weighted by Crippen LogP contribution is -2.55. The molecule has 6 heteroatoms. The summed E-state index contributed by atoms with van der Waals surface area (Å²) < 4.78 is 31.7. The van der Waals surface area contributed by atoms with E-state index in [1.54, 1.807) is 0 Å². The molecule has 1 fully saturated rings. The van der Waals surface area contributed by atoms with Gasteiger partial charge in [0.25, 0.3) is 0 Å². The van der Waals surface area contributed by atoms with E-state index in [4.69, 9.17) is 4.74 Å². The molecule has 0 radical (unpaired) electrons. The van der Waals surface area contributed by atoms with E-state index in [2.05, 4.69) is 5.32 Å². The van der Waals surface area contributed by atoms with Crippen LogP contribution in [-0.2, 0) is 16.0 Å². The Labute approximate surface area is 115 Å². The summed E-state index contributed by atoms with van der Waals surface area (Å²) in [6.45, 7) is 0.706. The van der Waals surface area contributed by atoms with E-state index in [1.807, 2.05) is 0 Å². The second-order valence-electron chi connectivity index (χ2n) is 4.99. The van der Waals surface area contributed by atoms with Crippen molar-refractivity contribution in [2.24, 2.45) is 0 Å². The molecule has 0 saturated carbocycles. The number of ether oxygens (including phenoxy) is 1. The third-order valence-corrected chi connectivity index (χ3v) is 3.54. The first kappa shape index (κ1) is 14.9. The van der Waals surface area contributed by atoms with Gasteiger partial charge in [0.1, 0.15) is 0 Å².